The highest BCUT2D eigenvalue weighted by Crippen LogP contribution is 2.44. The van der Waals surface area contributed by atoms with Crippen molar-refractivity contribution < 1.29 is 22.8 Å². The van der Waals surface area contributed by atoms with Crippen LogP contribution in [0.1, 0.15) is 17.2 Å². The first kappa shape index (κ1) is 13.7. The number of fused-ring (bicyclic) bond motifs is 1. The van der Waals surface area contributed by atoms with Crippen LogP contribution in [0.15, 0.2) is 29.5 Å². The summed E-state index contributed by atoms with van der Waals surface area (Å²) in [5.74, 6) is 0.200. The van der Waals surface area contributed by atoms with Crippen LogP contribution in [0, 0.1) is 4.91 Å². The van der Waals surface area contributed by atoms with Crippen LogP contribution < -0.4 is 4.74 Å². The van der Waals surface area contributed by atoms with Gasteiger partial charge in [-0.1, -0.05) is 18.2 Å². The molecular formula is C11H11NO6S. The van der Waals surface area contributed by atoms with Crippen LogP contribution in [0.4, 0.5) is 0 Å². The second-order valence-electron chi connectivity index (χ2n) is 4.02. The minimum absolute atomic E-state index is 0.0877. The Morgan fingerprint density at radius 1 is 1.42 bits per heavy atom. The summed E-state index contributed by atoms with van der Waals surface area (Å²) in [6, 6.07) is 4.75. The Labute approximate surface area is 109 Å². The van der Waals surface area contributed by atoms with Gasteiger partial charge in [-0.15, -0.1) is 4.91 Å². The molecule has 0 amide bonds. The van der Waals surface area contributed by atoms with Crippen molar-refractivity contribution >= 4 is 16.2 Å². The molecule has 0 fully saturated rings. The lowest BCUT2D eigenvalue weighted by Gasteiger charge is -2.30. The first-order chi connectivity index (χ1) is 8.87. The van der Waals surface area contributed by atoms with E-state index in [-0.39, 0.29) is 11.3 Å². The van der Waals surface area contributed by atoms with Crippen LogP contribution in [0.25, 0.3) is 6.08 Å². The van der Waals surface area contributed by atoms with Crippen molar-refractivity contribution in [1.82, 2.24) is 0 Å². The normalized spacial score (nSPS) is 25.7. The third-order valence-corrected chi connectivity index (χ3v) is 4.30. The van der Waals surface area contributed by atoms with E-state index in [0.29, 0.717) is 5.56 Å². The van der Waals surface area contributed by atoms with E-state index in [4.69, 9.17) is 4.74 Å². The van der Waals surface area contributed by atoms with Crippen molar-refractivity contribution in [2.75, 3.05) is 7.11 Å². The zero-order valence-electron chi connectivity index (χ0n) is 9.85. The summed E-state index contributed by atoms with van der Waals surface area (Å²) in [6.45, 7) is 0. The minimum atomic E-state index is -4.93. The summed E-state index contributed by atoms with van der Waals surface area (Å²) >= 11 is 0. The lowest BCUT2D eigenvalue weighted by atomic mass is 9.90. The van der Waals surface area contributed by atoms with E-state index in [0.717, 1.165) is 6.08 Å². The van der Waals surface area contributed by atoms with Crippen molar-refractivity contribution in [2.45, 2.75) is 11.0 Å². The molecule has 8 heteroatoms. The average Bonchev–Trinajstić information content (AvgIpc) is 2.37. The van der Waals surface area contributed by atoms with Gasteiger partial charge in [0.1, 0.15) is 11.9 Å². The number of hydrogen-bond acceptors (Lipinski definition) is 6. The first-order valence-corrected chi connectivity index (χ1v) is 6.67. The molecule has 0 saturated heterocycles. The maximum atomic E-state index is 11.4. The maximum Gasteiger partial charge on any atom is 0.301 e. The minimum Gasteiger partial charge on any atom is -0.496 e. The summed E-state index contributed by atoms with van der Waals surface area (Å²) in [6.07, 6.45) is 0.303. The Kier molecular flexibility index (Phi) is 3.17. The SMILES string of the molecule is COc1cccc2c1C(O)C(N=O)(S(=O)(=O)O)C=C2. The van der Waals surface area contributed by atoms with E-state index in [1.165, 1.54) is 19.3 Å². The van der Waals surface area contributed by atoms with Crippen LogP contribution in [-0.2, 0) is 10.1 Å². The predicted octanol–water partition coefficient (Wildman–Crippen LogP) is 1.11. The molecule has 2 N–H and O–H groups in total. The van der Waals surface area contributed by atoms with Gasteiger partial charge in [-0.05, 0) is 22.9 Å². The van der Waals surface area contributed by atoms with Crippen LogP contribution in [0.3, 0.4) is 0 Å². The molecule has 0 heterocycles. The fourth-order valence-electron chi connectivity index (χ4n) is 2.04. The highest BCUT2D eigenvalue weighted by molar-refractivity contribution is 7.87. The molecule has 0 saturated carbocycles. The van der Waals surface area contributed by atoms with Crippen molar-refractivity contribution in [2.24, 2.45) is 5.18 Å². The van der Waals surface area contributed by atoms with Crippen LogP contribution in [-0.4, -0.2) is 30.1 Å². The molecule has 1 aliphatic rings. The number of benzene rings is 1. The summed E-state index contributed by atoms with van der Waals surface area (Å²) in [7, 11) is -3.59. The van der Waals surface area contributed by atoms with Crippen molar-refractivity contribution in [3.8, 4) is 5.75 Å². The monoisotopic (exact) mass is 285 g/mol. The number of aliphatic hydroxyl groups is 1. The second-order valence-corrected chi connectivity index (χ2v) is 5.62. The number of nitrogens with zero attached hydrogens (tertiary/aromatic N) is 1. The summed E-state index contributed by atoms with van der Waals surface area (Å²) in [5, 5.41) is 12.6. The van der Waals surface area contributed by atoms with Gasteiger partial charge in [0, 0.05) is 5.56 Å². The summed E-state index contributed by atoms with van der Waals surface area (Å²) < 4.78 is 36.9. The van der Waals surface area contributed by atoms with Crippen molar-refractivity contribution in [3.05, 3.63) is 40.3 Å². The molecule has 1 aromatic carbocycles. The van der Waals surface area contributed by atoms with Gasteiger partial charge in [-0.3, -0.25) is 4.55 Å². The highest BCUT2D eigenvalue weighted by Gasteiger charge is 2.53. The topological polar surface area (TPSA) is 113 Å². The number of aliphatic hydroxyl groups excluding tert-OH is 1. The van der Waals surface area contributed by atoms with Gasteiger partial charge in [0.15, 0.2) is 0 Å². The molecule has 1 aromatic rings. The van der Waals surface area contributed by atoms with E-state index in [9.17, 15) is 23.0 Å². The Bertz CT molecular complexity index is 653. The smallest absolute Gasteiger partial charge is 0.301 e. The predicted molar refractivity (Wildman–Crippen MR) is 67.1 cm³/mol. The first-order valence-electron chi connectivity index (χ1n) is 5.23. The van der Waals surface area contributed by atoms with Gasteiger partial charge in [-0.25, -0.2) is 0 Å². The number of hydrogen-bond donors (Lipinski definition) is 2. The highest BCUT2D eigenvalue weighted by atomic mass is 32.2. The molecule has 2 rings (SSSR count). The summed E-state index contributed by atoms with van der Waals surface area (Å²) in [4.78, 5) is 8.25. The molecular weight excluding hydrogens is 274 g/mol. The molecule has 2 unspecified atom stereocenters. The van der Waals surface area contributed by atoms with Gasteiger partial charge in [0.25, 0.3) is 4.87 Å². The fourth-order valence-corrected chi connectivity index (χ4v) is 2.77. The zero-order valence-corrected chi connectivity index (χ0v) is 10.7. The molecule has 0 radical (unpaired) electrons. The number of ether oxygens (including phenoxy) is 1. The molecule has 2 atom stereocenters. The molecule has 0 spiro atoms. The lowest BCUT2D eigenvalue weighted by molar-refractivity contribution is 0.136. The molecule has 7 nitrogen and oxygen atoms in total. The Morgan fingerprint density at radius 3 is 2.63 bits per heavy atom. The van der Waals surface area contributed by atoms with E-state index in [2.05, 4.69) is 5.18 Å². The van der Waals surface area contributed by atoms with Gasteiger partial charge in [0.05, 0.1) is 7.11 Å². The zero-order chi connectivity index (χ0) is 14.3. The third-order valence-electron chi connectivity index (χ3n) is 3.04. The molecule has 19 heavy (non-hydrogen) atoms. The molecule has 0 bridgehead atoms. The van der Waals surface area contributed by atoms with Crippen LogP contribution >= 0.6 is 0 Å². The van der Waals surface area contributed by atoms with Gasteiger partial charge < -0.3 is 9.84 Å². The van der Waals surface area contributed by atoms with E-state index < -0.39 is 21.1 Å². The van der Waals surface area contributed by atoms with Gasteiger partial charge >= 0.3 is 10.1 Å². The van der Waals surface area contributed by atoms with E-state index >= 15 is 0 Å². The standard InChI is InChI=1S/C11H11NO6S/c1-18-8-4-2-3-7-5-6-11(12-14,19(15,16)17)10(13)9(7)8/h2-6,10,13H,1H3,(H,15,16,17). The second kappa shape index (κ2) is 4.41. The molecule has 0 aromatic heterocycles. The fraction of sp³-hybridized carbons (Fsp3) is 0.273. The van der Waals surface area contributed by atoms with E-state index in [1.807, 2.05) is 0 Å². The van der Waals surface area contributed by atoms with Gasteiger partial charge in [-0.2, -0.15) is 8.42 Å². The van der Waals surface area contributed by atoms with E-state index in [1.54, 1.807) is 12.1 Å². The quantitative estimate of drug-likeness (QED) is 0.635. The van der Waals surface area contributed by atoms with Crippen LogP contribution in [0.5, 0.6) is 5.75 Å². The number of nitroso groups, excluding NO2 is 1. The van der Waals surface area contributed by atoms with Crippen molar-refractivity contribution in [1.29, 1.82) is 0 Å². The van der Waals surface area contributed by atoms with Crippen molar-refractivity contribution in [3.63, 3.8) is 0 Å². The molecule has 0 aliphatic heterocycles. The average molecular weight is 285 g/mol. The molecule has 1 aliphatic carbocycles. The number of methoxy groups -OCH3 is 1. The Balaban J connectivity index is 2.74. The van der Waals surface area contributed by atoms with Crippen LogP contribution in [0.2, 0.25) is 0 Å². The third kappa shape index (κ3) is 1.84. The Hall–Kier alpha value is -1.77. The largest absolute Gasteiger partial charge is 0.496 e. The van der Waals surface area contributed by atoms with Gasteiger partial charge in [0.2, 0.25) is 0 Å². The summed E-state index contributed by atoms with van der Waals surface area (Å²) in [5.41, 5.74) is 0.569. The number of rotatable bonds is 3. The Morgan fingerprint density at radius 2 is 2.11 bits per heavy atom. The lowest BCUT2D eigenvalue weighted by Crippen LogP contribution is -2.42. The maximum absolute atomic E-state index is 11.4. The molecule has 102 valence electrons.